The van der Waals surface area contributed by atoms with Gasteiger partial charge in [-0.2, -0.15) is 0 Å². The number of urea groups is 1. The van der Waals surface area contributed by atoms with E-state index >= 15 is 4.39 Å². The van der Waals surface area contributed by atoms with E-state index in [1.165, 1.54) is 26.7 Å². The van der Waals surface area contributed by atoms with E-state index in [-0.39, 0.29) is 118 Å². The van der Waals surface area contributed by atoms with Gasteiger partial charge in [-0.1, -0.05) is 37.6 Å². The number of likely N-dealkylation sites (tertiary alicyclic amines) is 1. The normalized spacial score (nSPS) is 15.3. The van der Waals surface area contributed by atoms with Crippen molar-refractivity contribution < 1.29 is 52.6 Å². The number of aromatic carboxylic acids is 1. The first-order valence-electron chi connectivity index (χ1n) is 26.3. The van der Waals surface area contributed by atoms with Crippen LogP contribution in [0.2, 0.25) is 0 Å². The molecule has 25 heteroatoms. The number of anilines is 2. The molecule has 2 aliphatic heterocycles. The fourth-order valence-electron chi connectivity index (χ4n) is 10.0. The number of fused-ring (bicyclic) bond motifs is 1. The molecule has 2 saturated heterocycles. The molecular weight excluding hydrogens is 1020 g/mol. The molecule has 0 saturated carbocycles. The summed E-state index contributed by atoms with van der Waals surface area (Å²) in [4.78, 5) is 120. The van der Waals surface area contributed by atoms with Crippen LogP contribution >= 0.6 is 0 Å². The van der Waals surface area contributed by atoms with E-state index in [0.29, 0.717) is 77.6 Å². The summed E-state index contributed by atoms with van der Waals surface area (Å²) < 4.78 is 24.1. The van der Waals surface area contributed by atoms with Gasteiger partial charge in [0, 0.05) is 117 Å². The Morgan fingerprint density at radius 1 is 0.922 bits per heavy atom. The van der Waals surface area contributed by atoms with Crippen molar-refractivity contribution in [2.24, 2.45) is 11.7 Å². The Hall–Kier alpha value is -7.70. The molecule has 4 atom stereocenters. The van der Waals surface area contributed by atoms with Crippen LogP contribution in [0.1, 0.15) is 120 Å². The summed E-state index contributed by atoms with van der Waals surface area (Å²) in [6.45, 7) is 11.2. The van der Waals surface area contributed by atoms with Crippen molar-refractivity contribution in [3.63, 3.8) is 0 Å². The van der Waals surface area contributed by atoms with Gasteiger partial charge >= 0.3 is 18.1 Å². The third-order valence-corrected chi connectivity index (χ3v) is 14.9. The molecule has 0 aliphatic carbocycles. The minimum Gasteiger partial charge on any atom is -0.477 e. The average molecular weight is 1090 g/mol. The summed E-state index contributed by atoms with van der Waals surface area (Å²) >= 11 is 0. The van der Waals surface area contributed by atoms with Crippen LogP contribution in [0.25, 0.3) is 10.9 Å². The number of aromatic nitrogens is 4. The summed E-state index contributed by atoms with van der Waals surface area (Å²) in [6.07, 6.45) is 5.95. The van der Waals surface area contributed by atoms with Crippen LogP contribution in [-0.2, 0) is 41.9 Å². The largest absolute Gasteiger partial charge is 0.477 e. The summed E-state index contributed by atoms with van der Waals surface area (Å²) in [5.74, 6) is -3.66. The molecule has 23 nitrogen and oxygen atoms in total. The smallest absolute Gasteiger partial charge is 0.410 e. The number of piperazine rings is 1. The quantitative estimate of drug-likeness (QED) is 0.0362. The van der Waals surface area contributed by atoms with Crippen molar-refractivity contribution in [1.29, 1.82) is 0 Å². The number of carbonyl (C=O) groups is 8. The van der Waals surface area contributed by atoms with Crippen molar-refractivity contribution in [2.75, 3.05) is 55.7 Å². The number of pyridine rings is 1. The highest BCUT2D eigenvalue weighted by Crippen LogP contribution is 2.32. The Balaban J connectivity index is 1.03. The molecule has 6 N–H and O–H groups in total. The molecule has 4 heterocycles. The van der Waals surface area contributed by atoms with E-state index in [2.05, 4.69) is 26.3 Å². The van der Waals surface area contributed by atoms with E-state index in [4.69, 9.17) is 10.5 Å². The van der Waals surface area contributed by atoms with Crippen molar-refractivity contribution in [2.45, 2.75) is 123 Å². The minimum atomic E-state index is -1.39. The number of rotatable bonds is 25. The molecule has 6 rings (SSSR count). The number of nitrogens with zero attached hydrogens (tertiary/aromatic N) is 8. The molecule has 2 aromatic heterocycles. The van der Waals surface area contributed by atoms with Crippen LogP contribution in [0.3, 0.4) is 0 Å². The number of amides is 8. The number of halogens is 1. The lowest BCUT2D eigenvalue weighted by atomic mass is 9.86. The molecular formula is C52H71FN12O11Si. The molecule has 0 bridgehead atoms. The topological polar surface area (TPSA) is 294 Å². The summed E-state index contributed by atoms with van der Waals surface area (Å²) in [5, 5.41) is 26.7. The van der Waals surface area contributed by atoms with E-state index < -0.39 is 52.9 Å². The maximum Gasteiger partial charge on any atom is 0.410 e. The van der Waals surface area contributed by atoms with Gasteiger partial charge in [0.2, 0.25) is 35.0 Å². The molecule has 77 heavy (non-hydrogen) atoms. The van der Waals surface area contributed by atoms with Crippen LogP contribution in [0.4, 0.5) is 25.4 Å². The fraction of sp³-hybridized carbons (Fsp3) is 0.519. The number of imide groups is 1. The molecule has 2 aliphatic rings. The molecule has 4 aromatic rings. The fourth-order valence-corrected chi connectivity index (χ4v) is 10.9. The Morgan fingerprint density at radius 2 is 1.61 bits per heavy atom. The molecule has 0 radical (unpaired) electrons. The lowest BCUT2D eigenvalue weighted by Crippen LogP contribution is -2.52. The summed E-state index contributed by atoms with van der Waals surface area (Å²) in [6, 6.07) is 6.59. The van der Waals surface area contributed by atoms with Crippen LogP contribution in [0.15, 0.2) is 53.6 Å². The molecule has 8 amide bonds. The highest BCUT2D eigenvalue weighted by Gasteiger charge is 2.35. The second-order valence-corrected chi connectivity index (χ2v) is 20.4. The first-order valence-corrected chi connectivity index (χ1v) is 27.7. The third kappa shape index (κ3) is 14.8. The van der Waals surface area contributed by atoms with Gasteiger partial charge < -0.3 is 50.8 Å². The number of nitrogens with two attached hydrogens (primary N) is 1. The van der Waals surface area contributed by atoms with Gasteiger partial charge in [0.1, 0.15) is 30.1 Å². The van der Waals surface area contributed by atoms with Crippen LogP contribution in [-0.4, -0.2) is 155 Å². The van der Waals surface area contributed by atoms with Gasteiger partial charge in [-0.15, -0.1) is 5.10 Å². The first-order chi connectivity index (χ1) is 36.7. The SMILES string of the molecule is CCn1cc(C(=O)O)c(=O)c2cc(F)c(N3CCN(C(=O)OCc4ccc(NC(=O)[C@H](CCCNC(N)=O)n5cc([C@H](C(C)C)[C@@H](C)N(C[SiH3])C(=O)[C@H](C)NC(=O)CCCCCN6C(=O)CCC6=O)nn5)cc4)CC3)cc21. The van der Waals surface area contributed by atoms with Gasteiger partial charge in [0.15, 0.2) is 0 Å². The molecule has 0 unspecified atom stereocenters. The Kier molecular flexibility index (Phi) is 20.4. The second kappa shape index (κ2) is 26.9. The molecule has 416 valence electrons. The van der Waals surface area contributed by atoms with E-state index in [9.17, 15) is 48.3 Å². The first kappa shape index (κ1) is 58.6. The highest BCUT2D eigenvalue weighted by molar-refractivity contribution is 6.10. The zero-order valence-electron chi connectivity index (χ0n) is 44.6. The number of carbonyl (C=O) groups excluding carboxylic acids is 7. The Bertz CT molecular complexity index is 2860. The Morgan fingerprint density at radius 3 is 2.23 bits per heavy atom. The monoisotopic (exact) mass is 1090 g/mol. The number of unbranched alkanes of at least 4 members (excludes halogenated alkanes) is 2. The standard InChI is InChI=1S/C52H71FN12O11Si/c1-6-60-27-37(50(72)73)47(69)36-25-38(53)42(26-41(36)60)61-21-23-62(24-22-61)52(75)76-29-34-13-15-35(16-14-34)57-48(70)40(11-10-19-55-51(54)74)65-28-39(58-59-65)46(31(2)3)33(5)64(30-77)49(71)32(4)56-43(66)12-8-7-9-20-63-44(67)17-18-45(63)68/h13-16,25-28,31-33,40,46H,6-12,17-24,29-30H2,1-5,77H3,(H,56,66)(H,57,70)(H,72,73)(H3,54,55,74)/t32-,33+,40-,46+/m0/s1. The highest BCUT2D eigenvalue weighted by atomic mass is 28.1. The van der Waals surface area contributed by atoms with Crippen LogP contribution < -0.4 is 32.0 Å². The number of hydrogen-bond acceptors (Lipinski definition) is 13. The predicted octanol–water partition coefficient (Wildman–Crippen LogP) is 3.03. The van der Waals surface area contributed by atoms with Crippen molar-refractivity contribution >= 4 is 80.1 Å². The van der Waals surface area contributed by atoms with E-state index in [1.54, 1.807) is 58.7 Å². The number of benzene rings is 2. The Labute approximate surface area is 448 Å². The number of carboxylic acids is 1. The van der Waals surface area contributed by atoms with Gasteiger partial charge in [-0.05, 0) is 82.2 Å². The van der Waals surface area contributed by atoms with Crippen molar-refractivity contribution in [3.05, 3.63) is 81.7 Å². The van der Waals surface area contributed by atoms with Crippen molar-refractivity contribution in [3.8, 4) is 0 Å². The van der Waals surface area contributed by atoms with Gasteiger partial charge in [-0.3, -0.25) is 33.7 Å². The number of nitrogens with one attached hydrogen (secondary N) is 3. The third-order valence-electron chi connectivity index (χ3n) is 14.2. The summed E-state index contributed by atoms with van der Waals surface area (Å²) in [5.41, 5.74) is 6.37. The maximum absolute atomic E-state index is 15.4. The molecule has 0 spiro atoms. The number of aryl methyl sites for hydroxylation is 1. The van der Waals surface area contributed by atoms with Gasteiger partial charge in [0.05, 0.1) is 16.9 Å². The van der Waals surface area contributed by atoms with Gasteiger partial charge in [-0.25, -0.2) is 23.5 Å². The number of hydrogen-bond donors (Lipinski definition) is 5. The maximum atomic E-state index is 15.4. The van der Waals surface area contributed by atoms with E-state index in [0.717, 1.165) is 6.07 Å². The van der Waals surface area contributed by atoms with E-state index in [1.807, 2.05) is 20.8 Å². The molecule has 2 aromatic carbocycles. The zero-order valence-corrected chi connectivity index (χ0v) is 46.6. The van der Waals surface area contributed by atoms with Crippen LogP contribution in [0, 0.1) is 11.7 Å². The lowest BCUT2D eigenvalue weighted by Gasteiger charge is -2.37. The van der Waals surface area contributed by atoms with Gasteiger partial charge in [0.25, 0.3) is 0 Å². The minimum absolute atomic E-state index is 0.0270. The second-order valence-electron chi connectivity index (χ2n) is 19.7. The van der Waals surface area contributed by atoms with Crippen LogP contribution in [0.5, 0.6) is 0 Å². The lowest BCUT2D eigenvalue weighted by molar-refractivity contribution is -0.138. The number of primary amides is 1. The predicted molar refractivity (Wildman–Crippen MR) is 286 cm³/mol. The number of ether oxygens (including phenoxy) is 1. The zero-order chi connectivity index (χ0) is 56.1. The molecule has 2 fully saturated rings. The summed E-state index contributed by atoms with van der Waals surface area (Å²) in [7, 11) is 0.653. The van der Waals surface area contributed by atoms with Crippen molar-refractivity contribution in [1.82, 2.24) is 44.9 Å². The number of carboxylic acid groups (broad SMARTS) is 1. The average Bonchev–Trinajstić information content (AvgIpc) is 4.00.